The highest BCUT2D eigenvalue weighted by molar-refractivity contribution is 7.83. The molecular weight excluding hydrogens is 404 g/mol. The Morgan fingerprint density at radius 2 is 2.11 bits per heavy atom. The van der Waals surface area contributed by atoms with Gasteiger partial charge in [0.15, 0.2) is 16.8 Å². The lowest BCUT2D eigenvalue weighted by atomic mass is 10.3. The maximum Gasteiger partial charge on any atom is 0.266 e. The average Bonchev–Trinajstić information content (AvgIpc) is 3.21. The first-order chi connectivity index (χ1) is 13.4. The molecule has 9 nitrogen and oxygen atoms in total. The third-order valence-corrected chi connectivity index (χ3v) is 5.50. The number of nitrogens with zero attached hydrogens (tertiary/aromatic N) is 5. The van der Waals surface area contributed by atoms with Crippen molar-refractivity contribution in [3.8, 4) is 11.7 Å². The van der Waals surface area contributed by atoms with Gasteiger partial charge in [-0.1, -0.05) is 11.6 Å². The van der Waals surface area contributed by atoms with Crippen molar-refractivity contribution in [3.05, 3.63) is 47.0 Å². The molecule has 11 heteroatoms. The molecule has 3 aromatic heterocycles. The summed E-state index contributed by atoms with van der Waals surface area (Å²) in [6, 6.07) is 4.86. The standard InChI is InChI=1S/C17H17ClN6O3S/c1-10-13(9-23(2)20-10)28(26)22-17(25)12-5-6-14(19-16(12)18)24-8-7-15(21-24)27-11-3-4-11/h5-9,11H,3-4H2,1-2H3,(H,22,25). The van der Waals surface area contributed by atoms with Crippen LogP contribution in [0.5, 0.6) is 5.88 Å². The van der Waals surface area contributed by atoms with Gasteiger partial charge in [-0.25, -0.2) is 13.9 Å². The second-order valence-electron chi connectivity index (χ2n) is 6.38. The van der Waals surface area contributed by atoms with E-state index in [9.17, 15) is 9.00 Å². The predicted molar refractivity (Wildman–Crippen MR) is 102 cm³/mol. The Morgan fingerprint density at radius 1 is 1.32 bits per heavy atom. The second-order valence-corrected chi connectivity index (χ2v) is 7.92. The van der Waals surface area contributed by atoms with Crippen LogP contribution in [0.2, 0.25) is 5.15 Å². The molecule has 1 saturated carbocycles. The van der Waals surface area contributed by atoms with Crippen LogP contribution in [0.15, 0.2) is 35.5 Å². The minimum absolute atomic E-state index is 0.0185. The van der Waals surface area contributed by atoms with Crippen LogP contribution >= 0.6 is 11.6 Å². The van der Waals surface area contributed by atoms with Crippen LogP contribution in [-0.4, -0.2) is 40.8 Å². The summed E-state index contributed by atoms with van der Waals surface area (Å²) in [7, 11) is -0.0406. The molecule has 0 spiro atoms. The Bertz CT molecular complexity index is 1070. The van der Waals surface area contributed by atoms with Crippen molar-refractivity contribution in [1.29, 1.82) is 0 Å². The molecule has 146 valence electrons. The van der Waals surface area contributed by atoms with E-state index in [1.54, 1.807) is 38.5 Å². The molecule has 1 aliphatic rings. The summed E-state index contributed by atoms with van der Waals surface area (Å²) in [5.41, 5.74) is 0.686. The quantitative estimate of drug-likeness (QED) is 0.611. The van der Waals surface area contributed by atoms with E-state index in [0.717, 1.165) is 12.8 Å². The van der Waals surface area contributed by atoms with E-state index in [1.165, 1.54) is 15.4 Å². The zero-order valence-corrected chi connectivity index (χ0v) is 16.7. The van der Waals surface area contributed by atoms with Gasteiger partial charge in [-0.15, -0.1) is 5.10 Å². The number of aromatic nitrogens is 5. The zero-order valence-electron chi connectivity index (χ0n) is 15.1. The lowest BCUT2D eigenvalue weighted by Gasteiger charge is -2.07. The number of pyridine rings is 1. The van der Waals surface area contributed by atoms with Crippen LogP contribution < -0.4 is 9.46 Å². The van der Waals surface area contributed by atoms with Gasteiger partial charge in [-0.2, -0.15) is 5.10 Å². The molecule has 0 aromatic carbocycles. The van der Waals surface area contributed by atoms with E-state index < -0.39 is 16.9 Å². The van der Waals surface area contributed by atoms with Crippen LogP contribution in [-0.2, 0) is 18.0 Å². The fraction of sp³-hybridized carbons (Fsp3) is 0.294. The topological polar surface area (TPSA) is 104 Å². The predicted octanol–water partition coefficient (Wildman–Crippen LogP) is 1.96. The third kappa shape index (κ3) is 3.92. The lowest BCUT2D eigenvalue weighted by Crippen LogP contribution is -2.26. The van der Waals surface area contributed by atoms with Gasteiger partial charge in [0, 0.05) is 25.5 Å². The number of halogens is 1. The molecule has 1 fully saturated rings. The number of hydrogen-bond donors (Lipinski definition) is 1. The Morgan fingerprint density at radius 3 is 2.75 bits per heavy atom. The number of nitrogens with one attached hydrogen (secondary N) is 1. The molecule has 3 heterocycles. The SMILES string of the molecule is Cc1nn(C)cc1S(=O)NC(=O)c1ccc(-n2ccc(OC3CC3)n2)nc1Cl. The van der Waals surface area contributed by atoms with Crippen LogP contribution in [0.1, 0.15) is 28.9 Å². The first kappa shape index (κ1) is 18.6. The number of carbonyl (C=O) groups excluding carboxylic acids is 1. The Labute approximate surface area is 168 Å². The second kappa shape index (κ2) is 7.36. The van der Waals surface area contributed by atoms with Crippen molar-refractivity contribution in [2.45, 2.75) is 30.8 Å². The first-order valence-electron chi connectivity index (χ1n) is 8.53. The highest BCUT2D eigenvalue weighted by atomic mass is 35.5. The molecule has 1 unspecified atom stereocenters. The largest absolute Gasteiger partial charge is 0.473 e. The number of amides is 1. The van der Waals surface area contributed by atoms with E-state index in [1.807, 2.05) is 0 Å². The highest BCUT2D eigenvalue weighted by Crippen LogP contribution is 2.26. The summed E-state index contributed by atoms with van der Waals surface area (Å²) in [5.74, 6) is 0.366. The van der Waals surface area contributed by atoms with E-state index in [0.29, 0.717) is 22.3 Å². The Kier molecular flexibility index (Phi) is 4.90. The summed E-state index contributed by atoms with van der Waals surface area (Å²) in [6.45, 7) is 1.72. The number of rotatable bonds is 6. The molecule has 0 bridgehead atoms. The van der Waals surface area contributed by atoms with Gasteiger partial charge >= 0.3 is 0 Å². The number of hydrogen-bond acceptors (Lipinski definition) is 6. The summed E-state index contributed by atoms with van der Waals surface area (Å²) < 4.78 is 23.5. The van der Waals surface area contributed by atoms with Crippen molar-refractivity contribution in [3.63, 3.8) is 0 Å². The molecule has 1 atom stereocenters. The van der Waals surface area contributed by atoms with E-state index >= 15 is 0 Å². The van der Waals surface area contributed by atoms with E-state index in [2.05, 4.69) is 19.9 Å². The molecule has 3 aromatic rings. The molecule has 4 rings (SSSR count). The smallest absolute Gasteiger partial charge is 0.266 e. The van der Waals surface area contributed by atoms with Crippen molar-refractivity contribution in [2.24, 2.45) is 7.05 Å². The van der Waals surface area contributed by atoms with E-state index in [-0.39, 0.29) is 16.8 Å². The monoisotopic (exact) mass is 420 g/mol. The van der Waals surface area contributed by atoms with Crippen molar-refractivity contribution in [1.82, 2.24) is 29.3 Å². The van der Waals surface area contributed by atoms with Gasteiger partial charge in [-0.05, 0) is 31.9 Å². The summed E-state index contributed by atoms with van der Waals surface area (Å²) >= 11 is 6.18. The maximum atomic E-state index is 12.4. The maximum absolute atomic E-state index is 12.4. The van der Waals surface area contributed by atoms with Crippen molar-refractivity contribution < 1.29 is 13.7 Å². The van der Waals surface area contributed by atoms with Gasteiger partial charge in [0.1, 0.15) is 16.2 Å². The molecule has 0 aliphatic heterocycles. The molecule has 28 heavy (non-hydrogen) atoms. The number of carbonyl (C=O) groups is 1. The minimum Gasteiger partial charge on any atom is -0.473 e. The summed E-state index contributed by atoms with van der Waals surface area (Å²) in [6.07, 6.45) is 5.63. The van der Waals surface area contributed by atoms with Crippen LogP contribution in [0, 0.1) is 6.92 Å². The van der Waals surface area contributed by atoms with Gasteiger partial charge < -0.3 is 4.74 Å². The van der Waals surface area contributed by atoms with Crippen LogP contribution in [0.4, 0.5) is 0 Å². The van der Waals surface area contributed by atoms with Crippen LogP contribution in [0.3, 0.4) is 0 Å². The molecule has 0 saturated heterocycles. The lowest BCUT2D eigenvalue weighted by molar-refractivity contribution is 0.0982. The normalized spacial score (nSPS) is 14.7. The fourth-order valence-electron chi connectivity index (χ4n) is 2.53. The Balaban J connectivity index is 1.49. The first-order valence-corrected chi connectivity index (χ1v) is 10.1. The highest BCUT2D eigenvalue weighted by Gasteiger charge is 2.24. The average molecular weight is 421 g/mol. The zero-order chi connectivity index (χ0) is 19.8. The number of ether oxygens (including phenoxy) is 1. The molecule has 1 amide bonds. The Hall–Kier alpha value is -2.72. The summed E-state index contributed by atoms with van der Waals surface area (Å²) in [4.78, 5) is 17.1. The van der Waals surface area contributed by atoms with Gasteiger partial charge in [0.2, 0.25) is 5.88 Å². The number of aryl methyl sites for hydroxylation is 2. The van der Waals surface area contributed by atoms with Crippen molar-refractivity contribution in [2.75, 3.05) is 0 Å². The van der Waals surface area contributed by atoms with Gasteiger partial charge in [-0.3, -0.25) is 14.2 Å². The van der Waals surface area contributed by atoms with Gasteiger partial charge in [0.25, 0.3) is 5.91 Å². The fourth-order valence-corrected chi connectivity index (χ4v) is 3.71. The third-order valence-electron chi connectivity index (χ3n) is 4.04. The van der Waals surface area contributed by atoms with Gasteiger partial charge in [0.05, 0.1) is 11.3 Å². The van der Waals surface area contributed by atoms with Crippen LogP contribution in [0.25, 0.3) is 5.82 Å². The minimum atomic E-state index is -1.75. The molecule has 1 aliphatic carbocycles. The molecular formula is C17H17ClN6O3S. The van der Waals surface area contributed by atoms with E-state index in [4.69, 9.17) is 16.3 Å². The summed E-state index contributed by atoms with van der Waals surface area (Å²) in [5, 5.41) is 8.39. The molecule has 0 radical (unpaired) electrons. The molecule has 1 N–H and O–H groups in total. The van der Waals surface area contributed by atoms with Crippen molar-refractivity contribution >= 4 is 28.5 Å².